The van der Waals surface area contributed by atoms with Crippen molar-refractivity contribution in [2.45, 2.75) is 44.6 Å². The number of rotatable bonds is 9. The first kappa shape index (κ1) is 17.9. The molecule has 0 spiro atoms. The number of nitrogens with zero attached hydrogens (tertiary/aromatic N) is 2. The normalized spacial score (nSPS) is 13.5. The van der Waals surface area contributed by atoms with Crippen molar-refractivity contribution < 1.29 is 8.42 Å². The van der Waals surface area contributed by atoms with E-state index in [0.717, 1.165) is 32.5 Å². The molecule has 1 atom stereocenters. The van der Waals surface area contributed by atoms with E-state index >= 15 is 0 Å². The highest BCUT2D eigenvalue weighted by atomic mass is 32.2. The number of pyridine rings is 1. The second-order valence-corrected chi connectivity index (χ2v) is 6.76. The van der Waals surface area contributed by atoms with Crippen LogP contribution in [0.1, 0.15) is 33.6 Å². The molecule has 0 aliphatic heterocycles. The Bertz CT molecular complexity index is 530. The van der Waals surface area contributed by atoms with Crippen LogP contribution >= 0.6 is 0 Å². The molecule has 1 heterocycles. The van der Waals surface area contributed by atoms with Crippen molar-refractivity contribution in [3.63, 3.8) is 0 Å². The minimum absolute atomic E-state index is 0.0281. The van der Waals surface area contributed by atoms with E-state index in [1.807, 2.05) is 6.92 Å². The van der Waals surface area contributed by atoms with Crippen LogP contribution in [0.15, 0.2) is 23.2 Å². The lowest BCUT2D eigenvalue weighted by Gasteiger charge is -2.19. The molecule has 1 aromatic rings. The van der Waals surface area contributed by atoms with Gasteiger partial charge in [0.2, 0.25) is 10.0 Å². The van der Waals surface area contributed by atoms with Gasteiger partial charge >= 0.3 is 0 Å². The van der Waals surface area contributed by atoms with Crippen LogP contribution in [0.2, 0.25) is 0 Å². The lowest BCUT2D eigenvalue weighted by Crippen LogP contribution is -2.34. The second kappa shape index (κ2) is 8.31. The maximum absolute atomic E-state index is 12.2. The molecule has 0 radical (unpaired) electrons. The highest BCUT2D eigenvalue weighted by Crippen LogP contribution is 2.15. The monoisotopic (exact) mass is 314 g/mol. The van der Waals surface area contributed by atoms with Gasteiger partial charge < -0.3 is 10.6 Å². The molecule has 1 rings (SSSR count). The lowest BCUT2D eigenvalue weighted by molar-refractivity contribution is 0.293. The zero-order valence-electron chi connectivity index (χ0n) is 13.0. The number of hydrogen-bond donors (Lipinski definition) is 2. The molecule has 0 saturated carbocycles. The zero-order valence-corrected chi connectivity index (χ0v) is 13.9. The molecule has 0 fully saturated rings. The lowest BCUT2D eigenvalue weighted by atomic mass is 10.2. The Balaban J connectivity index is 2.54. The number of nitrogens with two attached hydrogens (primary N) is 1. The van der Waals surface area contributed by atoms with Crippen molar-refractivity contribution in [3.05, 3.63) is 18.3 Å². The number of nitrogens with one attached hydrogen (secondary N) is 1. The SMILES string of the molecule is CCN(CC)CCCC(C)NS(=O)(=O)c1cccnc1N. The van der Waals surface area contributed by atoms with Crippen molar-refractivity contribution in [2.24, 2.45) is 0 Å². The van der Waals surface area contributed by atoms with Crippen molar-refractivity contribution >= 4 is 15.8 Å². The summed E-state index contributed by atoms with van der Waals surface area (Å²) in [7, 11) is -3.60. The molecule has 1 unspecified atom stereocenters. The van der Waals surface area contributed by atoms with E-state index in [1.165, 1.54) is 12.3 Å². The molecular weight excluding hydrogens is 288 g/mol. The molecule has 7 heteroatoms. The van der Waals surface area contributed by atoms with Gasteiger partial charge in [-0.15, -0.1) is 0 Å². The molecule has 6 nitrogen and oxygen atoms in total. The number of nitrogen functional groups attached to an aromatic ring is 1. The Morgan fingerprint density at radius 3 is 2.62 bits per heavy atom. The first-order valence-electron chi connectivity index (χ1n) is 7.35. The Morgan fingerprint density at radius 1 is 1.38 bits per heavy atom. The quantitative estimate of drug-likeness (QED) is 0.720. The van der Waals surface area contributed by atoms with Gasteiger partial charge in [0.15, 0.2) is 0 Å². The predicted octanol–water partition coefficient (Wildman–Crippen LogP) is 1.45. The maximum Gasteiger partial charge on any atom is 0.244 e. The second-order valence-electron chi connectivity index (χ2n) is 5.08. The third-order valence-electron chi connectivity index (χ3n) is 3.45. The van der Waals surface area contributed by atoms with E-state index < -0.39 is 10.0 Å². The molecule has 120 valence electrons. The number of anilines is 1. The molecule has 0 aliphatic rings. The largest absolute Gasteiger partial charge is 0.383 e. The van der Waals surface area contributed by atoms with Crippen LogP contribution in [0.4, 0.5) is 5.82 Å². The standard InChI is InChI=1S/C14H26N4O2S/c1-4-18(5-2)11-7-8-12(3)17-21(19,20)13-9-6-10-16-14(13)15/h6,9-10,12,17H,4-5,7-8,11H2,1-3H3,(H2,15,16). The van der Waals surface area contributed by atoms with E-state index in [4.69, 9.17) is 5.73 Å². The third kappa shape index (κ3) is 5.61. The first-order valence-corrected chi connectivity index (χ1v) is 8.84. The van der Waals surface area contributed by atoms with Gasteiger partial charge in [0.25, 0.3) is 0 Å². The number of aromatic nitrogens is 1. The van der Waals surface area contributed by atoms with Gasteiger partial charge in [0, 0.05) is 12.2 Å². The Kier molecular flexibility index (Phi) is 7.07. The van der Waals surface area contributed by atoms with Crippen LogP contribution in [-0.2, 0) is 10.0 Å². The molecule has 0 aromatic carbocycles. The summed E-state index contributed by atoms with van der Waals surface area (Å²) >= 11 is 0. The summed E-state index contributed by atoms with van der Waals surface area (Å²) in [5.74, 6) is 0.0281. The minimum Gasteiger partial charge on any atom is -0.383 e. The molecule has 0 saturated heterocycles. The third-order valence-corrected chi connectivity index (χ3v) is 5.09. The van der Waals surface area contributed by atoms with E-state index in [-0.39, 0.29) is 16.8 Å². The Labute approximate surface area is 127 Å². The van der Waals surface area contributed by atoms with Crippen molar-refractivity contribution in [1.82, 2.24) is 14.6 Å². The fourth-order valence-corrected chi connectivity index (χ4v) is 3.54. The predicted molar refractivity (Wildman–Crippen MR) is 85.5 cm³/mol. The fraction of sp³-hybridized carbons (Fsp3) is 0.643. The molecular formula is C14H26N4O2S. The highest BCUT2D eigenvalue weighted by molar-refractivity contribution is 7.89. The van der Waals surface area contributed by atoms with E-state index in [0.29, 0.717) is 0 Å². The van der Waals surface area contributed by atoms with E-state index in [2.05, 4.69) is 28.5 Å². The maximum atomic E-state index is 12.2. The topological polar surface area (TPSA) is 88.3 Å². The average molecular weight is 314 g/mol. The van der Waals surface area contributed by atoms with E-state index in [1.54, 1.807) is 6.07 Å². The van der Waals surface area contributed by atoms with Gasteiger partial charge in [-0.25, -0.2) is 18.1 Å². The van der Waals surface area contributed by atoms with Crippen molar-refractivity contribution in [1.29, 1.82) is 0 Å². The van der Waals surface area contributed by atoms with Crippen molar-refractivity contribution in [2.75, 3.05) is 25.4 Å². The van der Waals surface area contributed by atoms with Gasteiger partial charge in [-0.2, -0.15) is 0 Å². The Hall–Kier alpha value is -1.18. The molecule has 3 N–H and O–H groups in total. The van der Waals surface area contributed by atoms with Crippen LogP contribution in [0.25, 0.3) is 0 Å². The zero-order chi connectivity index (χ0) is 15.9. The van der Waals surface area contributed by atoms with Gasteiger partial charge in [-0.05, 0) is 51.5 Å². The molecule has 0 amide bonds. The summed E-state index contributed by atoms with van der Waals surface area (Å²) in [5.41, 5.74) is 5.62. The van der Waals surface area contributed by atoms with Gasteiger partial charge in [0.1, 0.15) is 10.7 Å². The highest BCUT2D eigenvalue weighted by Gasteiger charge is 2.20. The fourth-order valence-electron chi connectivity index (χ4n) is 2.18. The summed E-state index contributed by atoms with van der Waals surface area (Å²) in [5, 5.41) is 0. The summed E-state index contributed by atoms with van der Waals surface area (Å²) in [6.07, 6.45) is 3.21. The van der Waals surface area contributed by atoms with Crippen molar-refractivity contribution in [3.8, 4) is 0 Å². The summed E-state index contributed by atoms with van der Waals surface area (Å²) < 4.78 is 27.1. The van der Waals surface area contributed by atoms with Crippen LogP contribution in [0, 0.1) is 0 Å². The van der Waals surface area contributed by atoms with E-state index in [9.17, 15) is 8.42 Å². The smallest absolute Gasteiger partial charge is 0.244 e. The minimum atomic E-state index is -3.60. The molecule has 0 aliphatic carbocycles. The summed E-state index contributed by atoms with van der Waals surface area (Å²) in [4.78, 5) is 6.17. The van der Waals surface area contributed by atoms with Gasteiger partial charge in [-0.1, -0.05) is 13.8 Å². The number of hydrogen-bond acceptors (Lipinski definition) is 5. The van der Waals surface area contributed by atoms with Crippen LogP contribution in [-0.4, -0.2) is 44.0 Å². The van der Waals surface area contributed by atoms with Crippen LogP contribution in [0.3, 0.4) is 0 Å². The summed E-state index contributed by atoms with van der Waals surface area (Å²) in [6, 6.07) is 2.90. The van der Waals surface area contributed by atoms with Gasteiger partial charge in [-0.3, -0.25) is 0 Å². The number of sulfonamides is 1. The molecule has 0 bridgehead atoms. The first-order chi connectivity index (χ1) is 9.90. The van der Waals surface area contributed by atoms with Crippen LogP contribution < -0.4 is 10.5 Å². The van der Waals surface area contributed by atoms with Gasteiger partial charge in [0.05, 0.1) is 0 Å². The molecule has 21 heavy (non-hydrogen) atoms. The Morgan fingerprint density at radius 2 is 2.05 bits per heavy atom. The van der Waals surface area contributed by atoms with Crippen LogP contribution in [0.5, 0.6) is 0 Å². The summed E-state index contributed by atoms with van der Waals surface area (Å²) in [6.45, 7) is 9.13. The average Bonchev–Trinajstić information content (AvgIpc) is 2.43. The molecule has 1 aromatic heterocycles.